The van der Waals surface area contributed by atoms with E-state index in [9.17, 15) is 9.59 Å². The molecule has 0 saturated carbocycles. The van der Waals surface area contributed by atoms with E-state index in [1.807, 2.05) is 30.3 Å². The highest BCUT2D eigenvalue weighted by Crippen LogP contribution is 2.12. The van der Waals surface area contributed by atoms with E-state index >= 15 is 0 Å². The maximum absolute atomic E-state index is 12.4. The molecule has 0 spiro atoms. The Balaban J connectivity index is 2.72. The van der Waals surface area contributed by atoms with Crippen LogP contribution in [-0.2, 0) is 20.8 Å². The Bertz CT molecular complexity index is 511. The molecule has 6 nitrogen and oxygen atoms in total. The molecule has 128 valence electrons. The first kappa shape index (κ1) is 19.0. The molecule has 0 aromatic heterocycles. The lowest BCUT2D eigenvalue weighted by Gasteiger charge is -2.24. The molecule has 1 rings (SSSR count). The van der Waals surface area contributed by atoms with Crippen LogP contribution < -0.4 is 5.32 Å². The van der Waals surface area contributed by atoms with Gasteiger partial charge in [0.2, 0.25) is 0 Å². The summed E-state index contributed by atoms with van der Waals surface area (Å²) in [5.41, 5.74) is 0.438. The number of carbonyl (C=O) groups excluding carboxylic acids is 2. The van der Waals surface area contributed by atoms with E-state index in [1.54, 1.807) is 27.8 Å². The van der Waals surface area contributed by atoms with E-state index in [2.05, 4.69) is 5.32 Å². The largest absolute Gasteiger partial charge is 0.444 e. The summed E-state index contributed by atoms with van der Waals surface area (Å²) in [6.45, 7) is 5.55. The highest BCUT2D eigenvalue weighted by Gasteiger charge is 2.24. The Morgan fingerprint density at radius 2 is 1.83 bits per heavy atom. The van der Waals surface area contributed by atoms with Crippen molar-refractivity contribution in [3.8, 4) is 0 Å². The van der Waals surface area contributed by atoms with Gasteiger partial charge in [0.15, 0.2) is 0 Å². The van der Waals surface area contributed by atoms with Crippen molar-refractivity contribution in [1.29, 1.82) is 0 Å². The standard InChI is InChI=1S/C17H26N2O4/c1-17(2,3)23-16(21)18-12-14(15(20)19(4)22-5)11-13-9-7-6-8-10-13/h6-10,14H,11-12H2,1-5H3,(H,18,21)/t14-/m0/s1. The number of amides is 2. The molecule has 0 bridgehead atoms. The summed E-state index contributed by atoms with van der Waals surface area (Å²) in [5, 5.41) is 3.83. The minimum Gasteiger partial charge on any atom is -0.444 e. The average molecular weight is 322 g/mol. The molecular formula is C17H26N2O4. The smallest absolute Gasteiger partial charge is 0.407 e. The quantitative estimate of drug-likeness (QED) is 0.817. The van der Waals surface area contributed by atoms with Gasteiger partial charge < -0.3 is 10.1 Å². The molecule has 0 aliphatic carbocycles. The third-order valence-corrected chi connectivity index (χ3v) is 3.15. The maximum Gasteiger partial charge on any atom is 0.407 e. The van der Waals surface area contributed by atoms with Crippen LogP contribution in [0.3, 0.4) is 0 Å². The molecule has 2 amide bonds. The van der Waals surface area contributed by atoms with Gasteiger partial charge in [-0.15, -0.1) is 0 Å². The molecular weight excluding hydrogens is 296 g/mol. The van der Waals surface area contributed by atoms with E-state index in [1.165, 1.54) is 12.2 Å². The van der Waals surface area contributed by atoms with Crippen LogP contribution in [0.4, 0.5) is 4.79 Å². The van der Waals surface area contributed by atoms with Crippen molar-refractivity contribution in [1.82, 2.24) is 10.4 Å². The third kappa shape index (κ3) is 7.15. The lowest BCUT2D eigenvalue weighted by molar-refractivity contribution is -0.173. The summed E-state index contributed by atoms with van der Waals surface area (Å²) in [4.78, 5) is 29.1. The number of benzene rings is 1. The van der Waals surface area contributed by atoms with E-state index in [0.29, 0.717) is 6.42 Å². The van der Waals surface area contributed by atoms with Gasteiger partial charge in [-0.2, -0.15) is 0 Å². The Morgan fingerprint density at radius 1 is 1.22 bits per heavy atom. The molecule has 0 saturated heterocycles. The monoisotopic (exact) mass is 322 g/mol. The summed E-state index contributed by atoms with van der Waals surface area (Å²) in [7, 11) is 2.98. The second-order valence-corrected chi connectivity index (χ2v) is 6.29. The highest BCUT2D eigenvalue weighted by atomic mass is 16.7. The molecule has 1 aromatic rings. The molecule has 6 heteroatoms. The SMILES string of the molecule is CON(C)C(=O)[C@H](CNC(=O)OC(C)(C)C)Cc1ccccc1. The van der Waals surface area contributed by atoms with Crippen LogP contribution in [0.15, 0.2) is 30.3 Å². The van der Waals surface area contributed by atoms with Crippen molar-refractivity contribution >= 4 is 12.0 Å². The summed E-state index contributed by atoms with van der Waals surface area (Å²) in [6.07, 6.45) is -0.0353. The molecule has 23 heavy (non-hydrogen) atoms. The molecule has 0 radical (unpaired) electrons. The van der Waals surface area contributed by atoms with E-state index in [-0.39, 0.29) is 12.5 Å². The van der Waals surface area contributed by atoms with Gasteiger partial charge in [0.1, 0.15) is 5.60 Å². The minimum absolute atomic E-state index is 0.177. The van der Waals surface area contributed by atoms with Gasteiger partial charge in [-0.1, -0.05) is 30.3 Å². The number of ether oxygens (including phenoxy) is 1. The first-order valence-corrected chi connectivity index (χ1v) is 7.55. The number of hydroxylamine groups is 2. The van der Waals surface area contributed by atoms with Gasteiger partial charge in [0.25, 0.3) is 5.91 Å². The molecule has 0 aliphatic rings. The van der Waals surface area contributed by atoms with Gasteiger partial charge >= 0.3 is 6.09 Å². The number of hydrogen-bond acceptors (Lipinski definition) is 4. The van der Waals surface area contributed by atoms with Crippen molar-refractivity contribution in [3.63, 3.8) is 0 Å². The predicted molar refractivity (Wildman–Crippen MR) is 87.7 cm³/mol. The number of alkyl carbamates (subject to hydrolysis) is 1. The molecule has 1 atom stereocenters. The normalized spacial score (nSPS) is 12.4. The van der Waals surface area contributed by atoms with Crippen LogP contribution >= 0.6 is 0 Å². The number of nitrogens with zero attached hydrogens (tertiary/aromatic N) is 1. The van der Waals surface area contributed by atoms with E-state index in [0.717, 1.165) is 5.56 Å². The van der Waals surface area contributed by atoms with Gasteiger partial charge in [-0.05, 0) is 32.8 Å². The molecule has 0 fully saturated rings. The number of carbonyl (C=O) groups is 2. The lowest BCUT2D eigenvalue weighted by Crippen LogP contribution is -2.42. The Hall–Kier alpha value is -2.08. The molecule has 0 aliphatic heterocycles. The van der Waals surface area contributed by atoms with Crippen molar-refractivity contribution in [2.75, 3.05) is 20.7 Å². The summed E-state index contributed by atoms with van der Waals surface area (Å²) < 4.78 is 5.20. The fourth-order valence-corrected chi connectivity index (χ4v) is 2.01. The van der Waals surface area contributed by atoms with Gasteiger partial charge in [0.05, 0.1) is 13.0 Å². The fraction of sp³-hybridized carbons (Fsp3) is 0.529. The van der Waals surface area contributed by atoms with Crippen molar-refractivity contribution in [2.24, 2.45) is 5.92 Å². The fourth-order valence-electron chi connectivity index (χ4n) is 2.01. The Kier molecular flexibility index (Phi) is 7.03. The average Bonchev–Trinajstić information content (AvgIpc) is 2.49. The predicted octanol–water partition coefficient (Wildman–Crippen LogP) is 2.39. The third-order valence-electron chi connectivity index (χ3n) is 3.15. The van der Waals surface area contributed by atoms with Crippen LogP contribution in [0.5, 0.6) is 0 Å². The van der Waals surface area contributed by atoms with Crippen LogP contribution in [-0.4, -0.2) is 43.4 Å². The first-order chi connectivity index (χ1) is 10.7. The number of nitrogens with one attached hydrogen (secondary N) is 1. The zero-order valence-electron chi connectivity index (χ0n) is 14.5. The zero-order valence-corrected chi connectivity index (χ0v) is 14.5. The van der Waals surface area contributed by atoms with E-state index < -0.39 is 17.6 Å². The van der Waals surface area contributed by atoms with Gasteiger partial charge in [-0.25, -0.2) is 9.86 Å². The van der Waals surface area contributed by atoms with Crippen molar-refractivity contribution < 1.29 is 19.2 Å². The van der Waals surface area contributed by atoms with Crippen LogP contribution in [0.25, 0.3) is 0 Å². The lowest BCUT2D eigenvalue weighted by atomic mass is 9.98. The Labute approximate surface area is 137 Å². The zero-order chi connectivity index (χ0) is 17.5. The van der Waals surface area contributed by atoms with Crippen LogP contribution in [0.1, 0.15) is 26.3 Å². The number of hydrogen-bond donors (Lipinski definition) is 1. The topological polar surface area (TPSA) is 67.9 Å². The molecule has 1 N–H and O–H groups in total. The van der Waals surface area contributed by atoms with Gasteiger partial charge in [0, 0.05) is 13.6 Å². The van der Waals surface area contributed by atoms with E-state index in [4.69, 9.17) is 9.57 Å². The second-order valence-electron chi connectivity index (χ2n) is 6.29. The summed E-state index contributed by atoms with van der Waals surface area (Å²) >= 11 is 0. The summed E-state index contributed by atoms with van der Waals surface area (Å²) in [6, 6.07) is 9.64. The second kappa shape index (κ2) is 8.53. The van der Waals surface area contributed by atoms with Crippen molar-refractivity contribution in [3.05, 3.63) is 35.9 Å². The van der Waals surface area contributed by atoms with Crippen LogP contribution in [0.2, 0.25) is 0 Å². The van der Waals surface area contributed by atoms with Gasteiger partial charge in [-0.3, -0.25) is 9.63 Å². The minimum atomic E-state index is -0.577. The highest BCUT2D eigenvalue weighted by molar-refractivity contribution is 5.79. The van der Waals surface area contributed by atoms with Crippen molar-refractivity contribution in [2.45, 2.75) is 32.8 Å². The summed E-state index contributed by atoms with van der Waals surface area (Å²) in [5.74, 6) is -0.637. The molecule has 1 aromatic carbocycles. The van der Waals surface area contributed by atoms with Crippen LogP contribution in [0, 0.1) is 5.92 Å². The number of rotatable bonds is 6. The first-order valence-electron chi connectivity index (χ1n) is 7.55. The molecule has 0 heterocycles. The maximum atomic E-state index is 12.4. The Morgan fingerprint density at radius 3 is 2.35 bits per heavy atom. The molecule has 0 unspecified atom stereocenters.